The zero-order valence-corrected chi connectivity index (χ0v) is 12.6. The predicted molar refractivity (Wildman–Crippen MR) is 81.0 cm³/mol. The molecule has 0 fully saturated rings. The third-order valence-corrected chi connectivity index (χ3v) is 3.87. The summed E-state index contributed by atoms with van der Waals surface area (Å²) >= 11 is 2.30. The Morgan fingerprint density at radius 3 is 2.71 bits per heavy atom. The van der Waals surface area contributed by atoms with Gasteiger partial charge in [-0.3, -0.25) is 0 Å². The van der Waals surface area contributed by atoms with Gasteiger partial charge in [-0.25, -0.2) is 4.98 Å². The van der Waals surface area contributed by atoms with E-state index in [1.807, 2.05) is 0 Å². The van der Waals surface area contributed by atoms with Crippen LogP contribution in [0, 0.1) is 9.49 Å². The molecule has 0 bridgehead atoms. The molecule has 0 radical (unpaired) electrons. The van der Waals surface area contributed by atoms with E-state index in [9.17, 15) is 0 Å². The first kappa shape index (κ1) is 12.7. The Hall–Kier alpha value is -0.780. The molecule has 0 aliphatic heterocycles. The number of fused-ring (bicyclic) bond motifs is 1. The largest absolute Gasteiger partial charge is 0.369 e. The lowest BCUT2D eigenvalue weighted by Crippen LogP contribution is -2.16. The molecule has 92 valence electrons. The third kappa shape index (κ3) is 2.27. The maximum atomic E-state index is 6.07. The Labute approximate surface area is 116 Å². The van der Waals surface area contributed by atoms with Gasteiger partial charge in [0.2, 0.25) is 5.95 Å². The van der Waals surface area contributed by atoms with Crippen LogP contribution in [0.5, 0.6) is 0 Å². The van der Waals surface area contributed by atoms with Gasteiger partial charge in [-0.05, 0) is 53.1 Å². The minimum atomic E-state index is 0.417. The Morgan fingerprint density at radius 2 is 2.12 bits per heavy atom. The van der Waals surface area contributed by atoms with Crippen LogP contribution in [-0.4, -0.2) is 9.55 Å². The second-order valence-corrected chi connectivity index (χ2v) is 5.94. The SMILES string of the molecule is CCC(C(C)C)n1c(N)nc2cc(I)ccc21. The second kappa shape index (κ2) is 4.84. The fourth-order valence-corrected chi connectivity index (χ4v) is 2.87. The highest BCUT2D eigenvalue weighted by atomic mass is 127. The molecule has 0 saturated heterocycles. The van der Waals surface area contributed by atoms with Gasteiger partial charge in [0.05, 0.1) is 11.0 Å². The topological polar surface area (TPSA) is 43.8 Å². The number of benzene rings is 1. The van der Waals surface area contributed by atoms with Crippen LogP contribution in [0.3, 0.4) is 0 Å². The fourth-order valence-electron chi connectivity index (χ4n) is 2.39. The number of aromatic nitrogens is 2. The number of nitrogens with zero attached hydrogens (tertiary/aromatic N) is 2. The van der Waals surface area contributed by atoms with E-state index in [4.69, 9.17) is 5.73 Å². The minimum Gasteiger partial charge on any atom is -0.369 e. The summed E-state index contributed by atoms with van der Waals surface area (Å²) in [5, 5.41) is 0. The standard InChI is InChI=1S/C13H18IN3/c1-4-11(8(2)3)17-12-6-5-9(14)7-10(12)16-13(17)15/h5-8,11H,4H2,1-3H3,(H2,15,16). The molecule has 0 aliphatic carbocycles. The second-order valence-electron chi connectivity index (χ2n) is 4.69. The third-order valence-electron chi connectivity index (χ3n) is 3.20. The first-order valence-corrected chi connectivity index (χ1v) is 7.05. The predicted octanol–water partition coefficient (Wildman–Crippen LogP) is 3.83. The highest BCUT2D eigenvalue weighted by molar-refractivity contribution is 14.1. The molecule has 0 amide bonds. The van der Waals surface area contributed by atoms with Crippen molar-refractivity contribution >= 4 is 39.6 Å². The van der Waals surface area contributed by atoms with Gasteiger partial charge in [-0.2, -0.15) is 0 Å². The average Bonchev–Trinajstić information content (AvgIpc) is 2.55. The molecule has 1 aromatic carbocycles. The molecule has 1 atom stereocenters. The number of nitrogen functional groups attached to an aromatic ring is 1. The number of nitrogens with two attached hydrogens (primary N) is 1. The number of anilines is 1. The van der Waals surface area contributed by atoms with Crippen LogP contribution in [0.2, 0.25) is 0 Å². The smallest absolute Gasteiger partial charge is 0.201 e. The van der Waals surface area contributed by atoms with Crippen molar-refractivity contribution in [3.05, 3.63) is 21.8 Å². The van der Waals surface area contributed by atoms with E-state index < -0.39 is 0 Å². The summed E-state index contributed by atoms with van der Waals surface area (Å²) in [5.74, 6) is 1.18. The molecule has 0 spiro atoms. The van der Waals surface area contributed by atoms with Crippen LogP contribution in [0.25, 0.3) is 11.0 Å². The zero-order valence-electron chi connectivity index (χ0n) is 10.4. The van der Waals surface area contributed by atoms with Crippen molar-refractivity contribution in [1.82, 2.24) is 9.55 Å². The van der Waals surface area contributed by atoms with E-state index in [0.717, 1.165) is 17.5 Å². The molecular formula is C13H18IN3. The van der Waals surface area contributed by atoms with Crippen molar-refractivity contribution < 1.29 is 0 Å². The summed E-state index contributed by atoms with van der Waals surface area (Å²) in [7, 11) is 0. The van der Waals surface area contributed by atoms with Crippen LogP contribution >= 0.6 is 22.6 Å². The van der Waals surface area contributed by atoms with Crippen molar-refractivity contribution in [2.75, 3.05) is 5.73 Å². The minimum absolute atomic E-state index is 0.417. The maximum Gasteiger partial charge on any atom is 0.201 e. The van der Waals surface area contributed by atoms with Crippen molar-refractivity contribution in [2.45, 2.75) is 33.2 Å². The first-order valence-electron chi connectivity index (χ1n) is 5.97. The summed E-state index contributed by atoms with van der Waals surface area (Å²) in [6.45, 7) is 6.65. The van der Waals surface area contributed by atoms with Crippen molar-refractivity contribution in [3.8, 4) is 0 Å². The first-order chi connectivity index (χ1) is 8.04. The number of hydrogen-bond acceptors (Lipinski definition) is 2. The molecule has 1 heterocycles. The van der Waals surface area contributed by atoms with Gasteiger partial charge in [-0.1, -0.05) is 20.8 Å². The van der Waals surface area contributed by atoms with Gasteiger partial charge < -0.3 is 10.3 Å². The molecule has 2 aromatic rings. The van der Waals surface area contributed by atoms with Crippen molar-refractivity contribution in [3.63, 3.8) is 0 Å². The fraction of sp³-hybridized carbons (Fsp3) is 0.462. The maximum absolute atomic E-state index is 6.07. The van der Waals surface area contributed by atoms with E-state index >= 15 is 0 Å². The molecule has 2 rings (SSSR count). The van der Waals surface area contributed by atoms with E-state index in [1.165, 1.54) is 3.57 Å². The summed E-state index contributed by atoms with van der Waals surface area (Å²) < 4.78 is 3.37. The highest BCUT2D eigenvalue weighted by Gasteiger charge is 2.19. The van der Waals surface area contributed by atoms with Crippen LogP contribution in [0.15, 0.2) is 18.2 Å². The lowest BCUT2D eigenvalue weighted by atomic mass is 10.0. The van der Waals surface area contributed by atoms with E-state index in [0.29, 0.717) is 17.9 Å². The van der Waals surface area contributed by atoms with Crippen molar-refractivity contribution in [2.24, 2.45) is 5.92 Å². The van der Waals surface area contributed by atoms with Crippen LogP contribution in [0.4, 0.5) is 5.95 Å². The van der Waals surface area contributed by atoms with Gasteiger partial charge >= 0.3 is 0 Å². The highest BCUT2D eigenvalue weighted by Crippen LogP contribution is 2.30. The molecule has 0 aliphatic rings. The lowest BCUT2D eigenvalue weighted by molar-refractivity contribution is 0.377. The molecule has 3 nitrogen and oxygen atoms in total. The molecule has 17 heavy (non-hydrogen) atoms. The van der Waals surface area contributed by atoms with Gasteiger partial charge in [0.1, 0.15) is 0 Å². The normalized spacial score (nSPS) is 13.5. The summed E-state index contributed by atoms with van der Waals surface area (Å²) in [6, 6.07) is 6.72. The van der Waals surface area contributed by atoms with Crippen molar-refractivity contribution in [1.29, 1.82) is 0 Å². The Morgan fingerprint density at radius 1 is 1.41 bits per heavy atom. The van der Waals surface area contributed by atoms with Gasteiger partial charge in [-0.15, -0.1) is 0 Å². The molecule has 1 unspecified atom stereocenters. The molecule has 0 saturated carbocycles. The number of halogens is 1. The lowest BCUT2D eigenvalue weighted by Gasteiger charge is -2.22. The molecule has 2 N–H and O–H groups in total. The Kier molecular flexibility index (Phi) is 3.61. The van der Waals surface area contributed by atoms with E-state index in [1.54, 1.807) is 0 Å². The van der Waals surface area contributed by atoms with Gasteiger partial charge in [0, 0.05) is 9.61 Å². The number of rotatable bonds is 3. The van der Waals surface area contributed by atoms with Crippen LogP contribution < -0.4 is 5.73 Å². The average molecular weight is 343 g/mol. The summed E-state index contributed by atoms with van der Waals surface area (Å²) in [4.78, 5) is 4.46. The van der Waals surface area contributed by atoms with E-state index in [-0.39, 0.29) is 0 Å². The quantitative estimate of drug-likeness (QED) is 0.861. The number of hydrogen-bond donors (Lipinski definition) is 1. The zero-order chi connectivity index (χ0) is 12.6. The summed E-state index contributed by atoms with van der Waals surface area (Å²) in [6.07, 6.45) is 1.07. The Bertz CT molecular complexity index is 531. The van der Waals surface area contributed by atoms with Gasteiger partial charge in [0.15, 0.2) is 0 Å². The number of imidazole rings is 1. The van der Waals surface area contributed by atoms with Crippen LogP contribution in [0.1, 0.15) is 33.2 Å². The summed E-state index contributed by atoms with van der Waals surface area (Å²) in [5.41, 5.74) is 8.20. The van der Waals surface area contributed by atoms with E-state index in [2.05, 4.69) is 71.1 Å². The van der Waals surface area contributed by atoms with Gasteiger partial charge in [0.25, 0.3) is 0 Å². The molecule has 1 aromatic heterocycles. The monoisotopic (exact) mass is 343 g/mol. The molecular weight excluding hydrogens is 325 g/mol. The van der Waals surface area contributed by atoms with Crippen LogP contribution in [-0.2, 0) is 0 Å². The molecule has 4 heteroatoms. The Balaban J connectivity index is 2.63.